The first kappa shape index (κ1) is 17.5. The van der Waals surface area contributed by atoms with Gasteiger partial charge in [0.15, 0.2) is 0 Å². The minimum absolute atomic E-state index is 0.296. The van der Waals surface area contributed by atoms with Crippen LogP contribution in [0.25, 0.3) is 0 Å². The van der Waals surface area contributed by atoms with Crippen molar-refractivity contribution in [3.63, 3.8) is 0 Å². The summed E-state index contributed by atoms with van der Waals surface area (Å²) in [7, 11) is 0. The van der Waals surface area contributed by atoms with Crippen LogP contribution in [-0.4, -0.2) is 36.6 Å². The van der Waals surface area contributed by atoms with E-state index in [0.717, 1.165) is 44.7 Å². The van der Waals surface area contributed by atoms with Gasteiger partial charge in [-0.15, -0.1) is 0 Å². The maximum Gasteiger partial charge on any atom is 0.106 e. The van der Waals surface area contributed by atoms with Gasteiger partial charge in [0.2, 0.25) is 0 Å². The summed E-state index contributed by atoms with van der Waals surface area (Å²) in [5, 5.41) is 13.0. The Hall–Kier alpha value is -0.590. The lowest BCUT2D eigenvalue weighted by atomic mass is 9.91. The molecule has 0 aromatic carbocycles. The zero-order chi connectivity index (χ0) is 14.8. The van der Waals surface area contributed by atoms with Crippen molar-refractivity contribution in [3.8, 4) is 6.07 Å². The molecule has 1 N–H and O–H groups in total. The largest absolute Gasteiger partial charge is 0.303 e. The second-order valence-electron chi connectivity index (χ2n) is 6.29. The number of nitrogens with zero attached hydrogens (tertiary/aromatic N) is 2. The lowest BCUT2D eigenvalue weighted by Crippen LogP contribution is -2.44. The van der Waals surface area contributed by atoms with E-state index in [1.165, 1.54) is 32.4 Å². The van der Waals surface area contributed by atoms with Crippen molar-refractivity contribution in [3.05, 3.63) is 0 Å². The van der Waals surface area contributed by atoms with Crippen LogP contribution in [-0.2, 0) is 0 Å². The van der Waals surface area contributed by atoms with Crippen molar-refractivity contribution in [1.29, 1.82) is 5.26 Å². The number of nitriles is 1. The Balaban J connectivity index is 2.34. The third-order valence-corrected chi connectivity index (χ3v) is 4.79. The van der Waals surface area contributed by atoms with Gasteiger partial charge < -0.3 is 4.90 Å². The first-order chi connectivity index (χ1) is 9.69. The Bertz CT molecular complexity index is 297. The second kappa shape index (κ2) is 9.37. The Morgan fingerprint density at radius 1 is 1.35 bits per heavy atom. The summed E-state index contributed by atoms with van der Waals surface area (Å²) >= 11 is 0. The Kier molecular flexibility index (Phi) is 8.18. The van der Waals surface area contributed by atoms with Crippen molar-refractivity contribution in [2.45, 2.75) is 71.3 Å². The smallest absolute Gasteiger partial charge is 0.106 e. The van der Waals surface area contributed by atoms with Gasteiger partial charge in [0.05, 0.1) is 6.07 Å². The lowest BCUT2D eigenvalue weighted by molar-refractivity contribution is 0.165. The Morgan fingerprint density at radius 2 is 2.15 bits per heavy atom. The third kappa shape index (κ3) is 5.42. The molecule has 116 valence electrons. The highest BCUT2D eigenvalue weighted by molar-refractivity contribution is 5.06. The van der Waals surface area contributed by atoms with Crippen LogP contribution in [0.4, 0.5) is 0 Å². The molecule has 1 aliphatic heterocycles. The van der Waals surface area contributed by atoms with Gasteiger partial charge in [0.25, 0.3) is 0 Å². The summed E-state index contributed by atoms with van der Waals surface area (Å²) in [4.78, 5) is 2.61. The van der Waals surface area contributed by atoms with Gasteiger partial charge in [0, 0.05) is 6.54 Å². The van der Waals surface area contributed by atoms with E-state index in [2.05, 4.69) is 37.1 Å². The molecule has 3 heteroatoms. The molecular formula is C17H33N3. The topological polar surface area (TPSA) is 39.1 Å². The van der Waals surface area contributed by atoms with Crippen molar-refractivity contribution >= 4 is 0 Å². The molecule has 0 saturated carbocycles. The van der Waals surface area contributed by atoms with Gasteiger partial charge in [-0.1, -0.05) is 27.2 Å². The molecule has 1 heterocycles. The van der Waals surface area contributed by atoms with E-state index < -0.39 is 0 Å². The molecule has 0 aromatic heterocycles. The van der Waals surface area contributed by atoms with Gasteiger partial charge in [-0.3, -0.25) is 5.32 Å². The molecule has 0 radical (unpaired) electrons. The Labute approximate surface area is 125 Å². The first-order valence-corrected chi connectivity index (χ1v) is 8.58. The van der Waals surface area contributed by atoms with E-state index in [0.29, 0.717) is 0 Å². The fourth-order valence-corrected chi connectivity index (χ4v) is 3.22. The molecule has 0 aromatic rings. The number of nitrogens with one attached hydrogen (secondary N) is 1. The number of piperidine rings is 1. The van der Waals surface area contributed by atoms with E-state index in [-0.39, 0.29) is 5.54 Å². The van der Waals surface area contributed by atoms with E-state index in [1.54, 1.807) is 0 Å². The SMILES string of the molecule is CCCNC(C#N)(CC)CCCN1CCCC(CC)C1. The van der Waals surface area contributed by atoms with Crippen LogP contribution >= 0.6 is 0 Å². The second-order valence-corrected chi connectivity index (χ2v) is 6.29. The molecule has 1 saturated heterocycles. The molecule has 20 heavy (non-hydrogen) atoms. The standard InChI is InChI=1S/C17H33N3/c1-4-11-19-17(6-3,15-18)10-8-13-20-12-7-9-16(5-2)14-20/h16,19H,4-14H2,1-3H3. The van der Waals surface area contributed by atoms with Crippen molar-refractivity contribution in [2.24, 2.45) is 5.92 Å². The van der Waals surface area contributed by atoms with Crippen LogP contribution in [0.1, 0.15) is 65.7 Å². The van der Waals surface area contributed by atoms with Crippen LogP contribution in [0.15, 0.2) is 0 Å². The normalized spacial score (nSPS) is 23.2. The first-order valence-electron chi connectivity index (χ1n) is 8.58. The van der Waals surface area contributed by atoms with Crippen molar-refractivity contribution in [2.75, 3.05) is 26.2 Å². The summed E-state index contributed by atoms with van der Waals surface area (Å²) in [6.07, 6.45) is 8.17. The zero-order valence-electron chi connectivity index (χ0n) is 13.7. The fraction of sp³-hybridized carbons (Fsp3) is 0.941. The Morgan fingerprint density at radius 3 is 2.75 bits per heavy atom. The lowest BCUT2D eigenvalue weighted by Gasteiger charge is -2.33. The fourth-order valence-electron chi connectivity index (χ4n) is 3.22. The van der Waals surface area contributed by atoms with Crippen LogP contribution in [0.3, 0.4) is 0 Å². The summed E-state index contributed by atoms with van der Waals surface area (Å²) in [5.41, 5.74) is -0.296. The molecule has 1 aliphatic rings. The molecule has 0 amide bonds. The van der Waals surface area contributed by atoms with Crippen molar-refractivity contribution < 1.29 is 0 Å². The molecule has 0 spiro atoms. The minimum atomic E-state index is -0.296. The molecule has 0 aliphatic carbocycles. The molecular weight excluding hydrogens is 246 g/mol. The number of likely N-dealkylation sites (tertiary alicyclic amines) is 1. The highest BCUT2D eigenvalue weighted by Crippen LogP contribution is 2.21. The van der Waals surface area contributed by atoms with Crippen LogP contribution in [0.5, 0.6) is 0 Å². The van der Waals surface area contributed by atoms with E-state index in [1.807, 2.05) is 0 Å². The molecule has 0 bridgehead atoms. The highest BCUT2D eigenvalue weighted by atomic mass is 15.1. The zero-order valence-corrected chi connectivity index (χ0v) is 13.7. The molecule has 1 rings (SSSR count). The van der Waals surface area contributed by atoms with Gasteiger partial charge in [0.1, 0.15) is 5.54 Å². The molecule has 2 unspecified atom stereocenters. The molecule has 3 nitrogen and oxygen atoms in total. The average Bonchev–Trinajstić information content (AvgIpc) is 2.51. The molecule has 1 fully saturated rings. The highest BCUT2D eigenvalue weighted by Gasteiger charge is 2.27. The van der Waals surface area contributed by atoms with Gasteiger partial charge in [-0.2, -0.15) is 5.26 Å². The summed E-state index contributed by atoms with van der Waals surface area (Å²) < 4.78 is 0. The van der Waals surface area contributed by atoms with Gasteiger partial charge in [-0.25, -0.2) is 0 Å². The van der Waals surface area contributed by atoms with Crippen molar-refractivity contribution in [1.82, 2.24) is 10.2 Å². The summed E-state index contributed by atoms with van der Waals surface area (Å²) in [6, 6.07) is 2.53. The predicted molar refractivity (Wildman–Crippen MR) is 85.6 cm³/mol. The maximum absolute atomic E-state index is 9.49. The number of rotatable bonds is 9. The third-order valence-electron chi connectivity index (χ3n) is 4.79. The predicted octanol–water partition coefficient (Wildman–Crippen LogP) is 3.56. The van der Waals surface area contributed by atoms with E-state index in [4.69, 9.17) is 0 Å². The monoisotopic (exact) mass is 279 g/mol. The van der Waals surface area contributed by atoms with Gasteiger partial charge in [-0.05, 0) is 64.1 Å². The maximum atomic E-state index is 9.49. The minimum Gasteiger partial charge on any atom is -0.303 e. The van der Waals surface area contributed by atoms with Crippen LogP contribution < -0.4 is 5.32 Å². The molecule has 2 atom stereocenters. The van der Waals surface area contributed by atoms with Gasteiger partial charge >= 0.3 is 0 Å². The number of hydrogen-bond donors (Lipinski definition) is 1. The average molecular weight is 279 g/mol. The van der Waals surface area contributed by atoms with E-state index in [9.17, 15) is 5.26 Å². The van der Waals surface area contributed by atoms with Crippen LogP contribution in [0.2, 0.25) is 0 Å². The number of hydrogen-bond acceptors (Lipinski definition) is 3. The summed E-state index contributed by atoms with van der Waals surface area (Å²) in [5.74, 6) is 0.897. The summed E-state index contributed by atoms with van der Waals surface area (Å²) in [6.45, 7) is 11.2. The quantitative estimate of drug-likeness (QED) is 0.701. The van der Waals surface area contributed by atoms with Crippen LogP contribution in [0, 0.1) is 17.2 Å². The van der Waals surface area contributed by atoms with E-state index >= 15 is 0 Å².